The van der Waals surface area contributed by atoms with Crippen LogP contribution in [0.15, 0.2) is 17.2 Å². The molecule has 0 spiro atoms. The van der Waals surface area contributed by atoms with Gasteiger partial charge in [-0.05, 0) is 30.2 Å². The number of hydrogen-bond donors (Lipinski definition) is 2. The second-order valence-corrected chi connectivity index (χ2v) is 3.96. The van der Waals surface area contributed by atoms with E-state index >= 15 is 0 Å². The molecule has 0 fully saturated rings. The Labute approximate surface area is 102 Å². The molecule has 0 amide bonds. The Kier molecular flexibility index (Phi) is 4.72. The summed E-state index contributed by atoms with van der Waals surface area (Å²) in [6.07, 6.45) is -2.86. The van der Waals surface area contributed by atoms with Crippen molar-refractivity contribution in [2.75, 3.05) is 6.54 Å². The van der Waals surface area contributed by atoms with E-state index in [2.05, 4.69) is 10.0 Å². The number of rotatable bonds is 4. The van der Waals surface area contributed by atoms with Crippen molar-refractivity contribution in [1.29, 1.82) is 0 Å². The molecule has 0 aliphatic carbocycles. The zero-order valence-corrected chi connectivity index (χ0v) is 9.76. The van der Waals surface area contributed by atoms with Gasteiger partial charge in [-0.3, -0.25) is 0 Å². The topological polar surface area (TPSA) is 89.2 Å². The van der Waals surface area contributed by atoms with Crippen LogP contribution in [0.25, 0.3) is 10.4 Å². The maximum Gasteiger partial charge on any atom is 0.129 e. The van der Waals surface area contributed by atoms with Gasteiger partial charge >= 0.3 is 0 Å². The SMILES string of the molecule is Cc1cc(F)c(C(O)C(O)CN=[N+]=[N-])cc1Cl. The lowest BCUT2D eigenvalue weighted by molar-refractivity contribution is 0.0222. The largest absolute Gasteiger partial charge is 0.390 e. The number of aliphatic hydroxyl groups is 2. The second-order valence-electron chi connectivity index (χ2n) is 3.55. The molecule has 17 heavy (non-hydrogen) atoms. The fraction of sp³-hybridized carbons (Fsp3) is 0.400. The number of halogens is 2. The van der Waals surface area contributed by atoms with Gasteiger partial charge < -0.3 is 10.2 Å². The highest BCUT2D eigenvalue weighted by molar-refractivity contribution is 6.31. The summed E-state index contributed by atoms with van der Waals surface area (Å²) in [4.78, 5) is 2.44. The van der Waals surface area contributed by atoms with Crippen molar-refractivity contribution in [3.05, 3.63) is 44.5 Å². The van der Waals surface area contributed by atoms with Crippen LogP contribution in [0.2, 0.25) is 5.02 Å². The molecule has 1 aromatic rings. The van der Waals surface area contributed by atoms with Crippen molar-refractivity contribution >= 4 is 11.6 Å². The number of hydrogen-bond acceptors (Lipinski definition) is 3. The van der Waals surface area contributed by atoms with Gasteiger partial charge in [-0.2, -0.15) is 0 Å². The fourth-order valence-electron chi connectivity index (χ4n) is 1.32. The minimum atomic E-state index is -1.49. The van der Waals surface area contributed by atoms with Crippen LogP contribution in [0.5, 0.6) is 0 Å². The molecule has 0 aromatic heterocycles. The first kappa shape index (κ1) is 13.7. The Bertz CT molecular complexity index is 463. The molecule has 2 unspecified atom stereocenters. The van der Waals surface area contributed by atoms with Gasteiger partial charge in [0.25, 0.3) is 0 Å². The molecule has 0 aliphatic rings. The van der Waals surface area contributed by atoms with E-state index in [0.717, 1.165) is 0 Å². The molecule has 0 saturated carbocycles. The van der Waals surface area contributed by atoms with E-state index in [4.69, 9.17) is 17.1 Å². The summed E-state index contributed by atoms with van der Waals surface area (Å²) in [7, 11) is 0. The third-order valence-electron chi connectivity index (χ3n) is 2.29. The quantitative estimate of drug-likeness (QED) is 0.494. The van der Waals surface area contributed by atoms with E-state index in [-0.39, 0.29) is 17.1 Å². The lowest BCUT2D eigenvalue weighted by Crippen LogP contribution is -2.22. The third kappa shape index (κ3) is 3.31. The Morgan fingerprint density at radius 3 is 2.76 bits per heavy atom. The van der Waals surface area contributed by atoms with Gasteiger partial charge in [-0.1, -0.05) is 16.7 Å². The smallest absolute Gasteiger partial charge is 0.129 e. The first-order chi connectivity index (χ1) is 7.97. The molecule has 1 aromatic carbocycles. The van der Waals surface area contributed by atoms with Crippen LogP contribution in [0, 0.1) is 12.7 Å². The summed E-state index contributed by atoms with van der Waals surface area (Å²) >= 11 is 5.80. The molecule has 0 radical (unpaired) electrons. The van der Waals surface area contributed by atoms with Gasteiger partial charge in [0, 0.05) is 15.5 Å². The standard InChI is InChI=1S/C10H11ClFN3O2/c1-5-2-8(12)6(3-7(5)11)10(17)9(16)4-14-15-13/h2-3,9-10,16-17H,4H2,1H3. The van der Waals surface area contributed by atoms with Gasteiger partial charge in [-0.15, -0.1) is 0 Å². The van der Waals surface area contributed by atoms with Crippen LogP contribution in [0.4, 0.5) is 4.39 Å². The van der Waals surface area contributed by atoms with Crippen molar-refractivity contribution < 1.29 is 14.6 Å². The van der Waals surface area contributed by atoms with Crippen molar-refractivity contribution in [1.82, 2.24) is 0 Å². The summed E-state index contributed by atoms with van der Waals surface area (Å²) < 4.78 is 13.5. The number of benzene rings is 1. The normalized spacial score (nSPS) is 13.9. The molecular weight excluding hydrogens is 249 g/mol. The van der Waals surface area contributed by atoms with E-state index < -0.39 is 18.0 Å². The zero-order valence-electron chi connectivity index (χ0n) is 9.01. The number of aliphatic hydroxyl groups excluding tert-OH is 2. The van der Waals surface area contributed by atoms with Crippen molar-refractivity contribution in [3.63, 3.8) is 0 Å². The van der Waals surface area contributed by atoms with Crippen LogP contribution >= 0.6 is 11.6 Å². The van der Waals surface area contributed by atoms with Crippen molar-refractivity contribution in [2.24, 2.45) is 5.11 Å². The van der Waals surface area contributed by atoms with Crippen LogP contribution in [0.1, 0.15) is 17.2 Å². The van der Waals surface area contributed by atoms with Gasteiger partial charge in [0.15, 0.2) is 0 Å². The minimum absolute atomic E-state index is 0.124. The van der Waals surface area contributed by atoms with E-state index in [1.54, 1.807) is 6.92 Å². The second kappa shape index (κ2) is 5.84. The molecule has 92 valence electrons. The molecule has 0 saturated heterocycles. The molecular formula is C10H11ClFN3O2. The lowest BCUT2D eigenvalue weighted by Gasteiger charge is -2.17. The van der Waals surface area contributed by atoms with E-state index in [9.17, 15) is 14.6 Å². The number of nitrogens with zero attached hydrogens (tertiary/aromatic N) is 3. The Morgan fingerprint density at radius 2 is 2.18 bits per heavy atom. The van der Waals surface area contributed by atoms with Crippen molar-refractivity contribution in [3.8, 4) is 0 Å². The molecule has 1 rings (SSSR count). The average Bonchev–Trinajstić information content (AvgIpc) is 2.29. The molecule has 0 bridgehead atoms. The maximum absolute atomic E-state index is 13.5. The Balaban J connectivity index is 2.99. The van der Waals surface area contributed by atoms with Crippen LogP contribution in [-0.4, -0.2) is 22.9 Å². The highest BCUT2D eigenvalue weighted by atomic mass is 35.5. The number of azide groups is 1. The summed E-state index contributed by atoms with van der Waals surface area (Å²) in [6, 6.07) is 2.41. The first-order valence-electron chi connectivity index (χ1n) is 4.80. The number of aryl methyl sites for hydroxylation is 1. The molecule has 2 N–H and O–H groups in total. The molecule has 7 heteroatoms. The molecule has 2 atom stereocenters. The van der Waals surface area contributed by atoms with E-state index in [1.807, 2.05) is 0 Å². The monoisotopic (exact) mass is 259 g/mol. The van der Waals surface area contributed by atoms with Crippen LogP contribution in [0.3, 0.4) is 0 Å². The zero-order chi connectivity index (χ0) is 13.0. The van der Waals surface area contributed by atoms with Gasteiger partial charge in [-0.25, -0.2) is 4.39 Å². The van der Waals surface area contributed by atoms with E-state index in [1.165, 1.54) is 12.1 Å². The molecule has 0 aliphatic heterocycles. The molecule has 5 nitrogen and oxygen atoms in total. The summed E-state index contributed by atoms with van der Waals surface area (Å²) in [6.45, 7) is 1.28. The third-order valence-corrected chi connectivity index (χ3v) is 2.70. The Hall–Kier alpha value is -1.33. The minimum Gasteiger partial charge on any atom is -0.390 e. The van der Waals surface area contributed by atoms with Gasteiger partial charge in [0.05, 0.1) is 12.6 Å². The van der Waals surface area contributed by atoms with Crippen molar-refractivity contribution in [2.45, 2.75) is 19.1 Å². The lowest BCUT2D eigenvalue weighted by atomic mass is 10.0. The van der Waals surface area contributed by atoms with Gasteiger partial charge in [0.1, 0.15) is 11.9 Å². The summed E-state index contributed by atoms with van der Waals surface area (Å²) in [5, 5.41) is 22.5. The first-order valence-corrected chi connectivity index (χ1v) is 5.17. The summed E-state index contributed by atoms with van der Waals surface area (Å²) in [5.41, 5.74) is 8.48. The fourth-order valence-corrected chi connectivity index (χ4v) is 1.49. The highest BCUT2D eigenvalue weighted by Crippen LogP contribution is 2.26. The predicted octanol–water partition coefficient (Wildman–Crippen LogP) is 2.49. The predicted molar refractivity (Wildman–Crippen MR) is 61.1 cm³/mol. The average molecular weight is 260 g/mol. The maximum atomic E-state index is 13.5. The van der Waals surface area contributed by atoms with Crippen LogP contribution < -0.4 is 0 Å². The van der Waals surface area contributed by atoms with E-state index in [0.29, 0.717) is 5.56 Å². The van der Waals surface area contributed by atoms with Gasteiger partial charge in [0.2, 0.25) is 0 Å². The Morgan fingerprint density at radius 1 is 1.53 bits per heavy atom. The highest BCUT2D eigenvalue weighted by Gasteiger charge is 2.21. The van der Waals surface area contributed by atoms with Crippen LogP contribution in [-0.2, 0) is 0 Å². The molecule has 0 heterocycles. The summed E-state index contributed by atoms with van der Waals surface area (Å²) in [5.74, 6) is -0.667.